The SMILES string of the molecule is CC(C#N)CN1CCCC(CCN)C1. The zero-order chi connectivity index (χ0) is 10.4. The van der Waals surface area contributed by atoms with Crippen molar-refractivity contribution >= 4 is 0 Å². The number of piperidine rings is 1. The van der Waals surface area contributed by atoms with Gasteiger partial charge in [-0.25, -0.2) is 0 Å². The normalized spacial score (nSPS) is 25.6. The molecule has 0 aromatic heterocycles. The molecule has 3 heteroatoms. The van der Waals surface area contributed by atoms with Crippen molar-refractivity contribution in [1.29, 1.82) is 5.26 Å². The second-order valence-corrected chi connectivity index (χ2v) is 4.38. The van der Waals surface area contributed by atoms with E-state index in [4.69, 9.17) is 11.0 Å². The van der Waals surface area contributed by atoms with Crippen molar-refractivity contribution in [1.82, 2.24) is 4.90 Å². The lowest BCUT2D eigenvalue weighted by molar-refractivity contribution is 0.160. The second kappa shape index (κ2) is 6.00. The number of nitrogens with zero attached hydrogens (tertiary/aromatic N) is 2. The lowest BCUT2D eigenvalue weighted by atomic mass is 9.94. The van der Waals surface area contributed by atoms with Gasteiger partial charge in [-0.2, -0.15) is 5.26 Å². The number of likely N-dealkylation sites (tertiary alicyclic amines) is 1. The van der Waals surface area contributed by atoms with Gasteiger partial charge in [0, 0.05) is 13.1 Å². The fraction of sp³-hybridized carbons (Fsp3) is 0.909. The summed E-state index contributed by atoms with van der Waals surface area (Å²) in [6.07, 6.45) is 3.72. The van der Waals surface area contributed by atoms with Crippen molar-refractivity contribution in [2.45, 2.75) is 26.2 Å². The molecular formula is C11H21N3. The molecule has 1 aliphatic heterocycles. The average molecular weight is 195 g/mol. The molecule has 1 fully saturated rings. The lowest BCUT2D eigenvalue weighted by Gasteiger charge is -2.33. The monoisotopic (exact) mass is 195 g/mol. The van der Waals surface area contributed by atoms with Gasteiger partial charge in [0.25, 0.3) is 0 Å². The summed E-state index contributed by atoms with van der Waals surface area (Å²) in [5.41, 5.74) is 5.56. The highest BCUT2D eigenvalue weighted by Crippen LogP contribution is 2.19. The van der Waals surface area contributed by atoms with Gasteiger partial charge >= 0.3 is 0 Å². The number of nitriles is 1. The van der Waals surface area contributed by atoms with Gasteiger partial charge in [-0.3, -0.25) is 0 Å². The van der Waals surface area contributed by atoms with Crippen LogP contribution in [0.3, 0.4) is 0 Å². The maximum Gasteiger partial charge on any atom is 0.0666 e. The minimum absolute atomic E-state index is 0.159. The lowest BCUT2D eigenvalue weighted by Crippen LogP contribution is -2.38. The van der Waals surface area contributed by atoms with Crippen LogP contribution in [0.4, 0.5) is 0 Å². The number of rotatable bonds is 4. The van der Waals surface area contributed by atoms with E-state index < -0.39 is 0 Å². The molecule has 2 unspecified atom stereocenters. The van der Waals surface area contributed by atoms with Crippen molar-refractivity contribution in [3.05, 3.63) is 0 Å². The quantitative estimate of drug-likeness (QED) is 0.733. The molecule has 14 heavy (non-hydrogen) atoms. The van der Waals surface area contributed by atoms with Crippen molar-refractivity contribution < 1.29 is 0 Å². The van der Waals surface area contributed by atoms with Gasteiger partial charge in [0.15, 0.2) is 0 Å². The first-order chi connectivity index (χ1) is 6.76. The minimum Gasteiger partial charge on any atom is -0.330 e. The van der Waals surface area contributed by atoms with Crippen molar-refractivity contribution in [3.63, 3.8) is 0 Å². The third-order valence-corrected chi connectivity index (χ3v) is 2.93. The van der Waals surface area contributed by atoms with Crippen molar-refractivity contribution in [2.75, 3.05) is 26.2 Å². The largest absolute Gasteiger partial charge is 0.330 e. The number of hydrogen-bond donors (Lipinski definition) is 1. The molecule has 1 heterocycles. The van der Waals surface area contributed by atoms with Crippen LogP contribution in [0.5, 0.6) is 0 Å². The van der Waals surface area contributed by atoms with Crippen LogP contribution >= 0.6 is 0 Å². The van der Waals surface area contributed by atoms with E-state index >= 15 is 0 Å². The number of nitrogens with two attached hydrogens (primary N) is 1. The highest BCUT2D eigenvalue weighted by molar-refractivity contribution is 4.83. The van der Waals surface area contributed by atoms with Crippen LogP contribution in [0.1, 0.15) is 26.2 Å². The van der Waals surface area contributed by atoms with E-state index in [0.29, 0.717) is 0 Å². The molecule has 1 rings (SSSR count). The molecule has 0 saturated carbocycles. The summed E-state index contributed by atoms with van der Waals surface area (Å²) in [6.45, 7) is 6.02. The maximum absolute atomic E-state index is 8.74. The molecule has 3 nitrogen and oxygen atoms in total. The van der Waals surface area contributed by atoms with E-state index in [2.05, 4.69) is 11.0 Å². The van der Waals surface area contributed by atoms with Gasteiger partial charge in [0.05, 0.1) is 12.0 Å². The summed E-state index contributed by atoms with van der Waals surface area (Å²) in [5, 5.41) is 8.74. The molecular weight excluding hydrogens is 174 g/mol. The van der Waals surface area contributed by atoms with Gasteiger partial charge in [0.1, 0.15) is 0 Å². The van der Waals surface area contributed by atoms with Gasteiger partial charge < -0.3 is 10.6 Å². The smallest absolute Gasteiger partial charge is 0.0666 e. The summed E-state index contributed by atoms with van der Waals surface area (Å²) in [4.78, 5) is 2.41. The Labute approximate surface area is 86.9 Å². The van der Waals surface area contributed by atoms with Crippen LogP contribution in [0.15, 0.2) is 0 Å². The average Bonchev–Trinajstić information content (AvgIpc) is 2.19. The molecule has 80 valence electrons. The van der Waals surface area contributed by atoms with Crippen LogP contribution in [0.25, 0.3) is 0 Å². The predicted octanol–water partition coefficient (Wildman–Crippen LogP) is 1.21. The third kappa shape index (κ3) is 3.65. The molecule has 2 atom stereocenters. The minimum atomic E-state index is 0.159. The van der Waals surface area contributed by atoms with Crippen LogP contribution in [0, 0.1) is 23.2 Å². The summed E-state index contributed by atoms with van der Waals surface area (Å²) in [6, 6.07) is 2.29. The Kier molecular flexibility index (Phi) is 4.92. The van der Waals surface area contributed by atoms with Gasteiger partial charge in [-0.05, 0) is 45.2 Å². The molecule has 0 aromatic rings. The Morgan fingerprint density at radius 3 is 3.07 bits per heavy atom. The highest BCUT2D eigenvalue weighted by atomic mass is 15.1. The summed E-state index contributed by atoms with van der Waals surface area (Å²) in [5.74, 6) is 0.922. The highest BCUT2D eigenvalue weighted by Gasteiger charge is 2.20. The van der Waals surface area contributed by atoms with Crippen LogP contribution < -0.4 is 5.73 Å². The molecule has 0 aromatic carbocycles. The topological polar surface area (TPSA) is 53.0 Å². The third-order valence-electron chi connectivity index (χ3n) is 2.93. The van der Waals surface area contributed by atoms with Gasteiger partial charge in [0.2, 0.25) is 0 Å². The molecule has 2 N–H and O–H groups in total. The molecule has 0 spiro atoms. The fourth-order valence-corrected chi connectivity index (χ4v) is 2.22. The summed E-state index contributed by atoms with van der Waals surface area (Å²) < 4.78 is 0. The van der Waals surface area contributed by atoms with Crippen molar-refractivity contribution in [3.8, 4) is 6.07 Å². The van der Waals surface area contributed by atoms with E-state index in [1.165, 1.54) is 12.8 Å². The Morgan fingerprint density at radius 2 is 2.43 bits per heavy atom. The van der Waals surface area contributed by atoms with Crippen molar-refractivity contribution in [2.24, 2.45) is 17.6 Å². The molecule has 0 amide bonds. The first-order valence-corrected chi connectivity index (χ1v) is 5.58. The van der Waals surface area contributed by atoms with Crippen LogP contribution in [-0.2, 0) is 0 Å². The Balaban J connectivity index is 2.29. The van der Waals surface area contributed by atoms with E-state index in [1.54, 1.807) is 0 Å². The second-order valence-electron chi connectivity index (χ2n) is 4.38. The van der Waals surface area contributed by atoms with Gasteiger partial charge in [-0.15, -0.1) is 0 Å². The molecule has 1 saturated heterocycles. The van der Waals surface area contributed by atoms with E-state index in [0.717, 1.165) is 38.5 Å². The zero-order valence-electron chi connectivity index (χ0n) is 9.08. The predicted molar refractivity (Wildman–Crippen MR) is 57.6 cm³/mol. The molecule has 0 aliphatic carbocycles. The number of hydrogen-bond acceptors (Lipinski definition) is 3. The van der Waals surface area contributed by atoms with E-state index in [9.17, 15) is 0 Å². The summed E-state index contributed by atoms with van der Waals surface area (Å²) >= 11 is 0. The Morgan fingerprint density at radius 1 is 1.64 bits per heavy atom. The Hall–Kier alpha value is -0.590. The maximum atomic E-state index is 8.74. The molecule has 0 bridgehead atoms. The van der Waals surface area contributed by atoms with Crippen LogP contribution in [0.2, 0.25) is 0 Å². The first kappa shape index (κ1) is 11.5. The van der Waals surface area contributed by atoms with E-state index in [1.807, 2.05) is 6.92 Å². The van der Waals surface area contributed by atoms with Crippen LogP contribution in [-0.4, -0.2) is 31.1 Å². The zero-order valence-corrected chi connectivity index (χ0v) is 9.08. The van der Waals surface area contributed by atoms with E-state index in [-0.39, 0.29) is 5.92 Å². The van der Waals surface area contributed by atoms with Gasteiger partial charge in [-0.1, -0.05) is 0 Å². The fourth-order valence-electron chi connectivity index (χ4n) is 2.22. The molecule has 1 aliphatic rings. The molecule has 0 radical (unpaired) electrons. The first-order valence-electron chi connectivity index (χ1n) is 5.58. The standard InChI is InChI=1S/C11H21N3/c1-10(7-13)8-14-6-2-3-11(9-14)4-5-12/h10-11H,2-6,8-9,12H2,1H3. The Bertz CT molecular complexity index is 195. The summed E-state index contributed by atoms with van der Waals surface area (Å²) in [7, 11) is 0.